The summed E-state index contributed by atoms with van der Waals surface area (Å²) in [6, 6.07) is -0.768. The van der Waals surface area contributed by atoms with E-state index in [0.29, 0.717) is 6.42 Å². The molecule has 0 fully saturated rings. The zero-order valence-electron chi connectivity index (χ0n) is 28.1. The number of nitrogens with one attached hydrogen (secondary N) is 1. The number of unbranched alkanes of at least 4 members (excludes halogenated alkanes) is 16. The molecule has 0 rings (SSSR count). The minimum absolute atomic E-state index is 0.00490. The first-order valence-electron chi connectivity index (χ1n) is 17.9. The third kappa shape index (κ3) is 30.1. The van der Waals surface area contributed by atoms with Gasteiger partial charge in [-0.1, -0.05) is 133 Å². The molecule has 43 heavy (non-hydrogen) atoms. The normalized spacial score (nSPS) is 14.4. The highest BCUT2D eigenvalue weighted by atomic mass is 16.3. The van der Waals surface area contributed by atoms with Crippen molar-refractivity contribution in [2.45, 2.75) is 180 Å². The maximum Gasteiger partial charge on any atom is 0.222 e. The van der Waals surface area contributed by atoms with E-state index in [1.54, 1.807) is 6.08 Å². The highest BCUT2D eigenvalue weighted by Gasteiger charge is 2.20. The molecule has 0 heterocycles. The van der Waals surface area contributed by atoms with Crippen molar-refractivity contribution in [2.75, 3.05) is 6.61 Å². The molecule has 0 saturated carbocycles. The van der Waals surface area contributed by atoms with Crippen LogP contribution in [0.3, 0.4) is 0 Å². The van der Waals surface area contributed by atoms with Gasteiger partial charge in [0.15, 0.2) is 0 Å². The zero-order chi connectivity index (χ0) is 31.6. The van der Waals surface area contributed by atoms with Crippen LogP contribution < -0.4 is 5.32 Å². The first-order valence-corrected chi connectivity index (χ1v) is 17.9. The third-order valence-electron chi connectivity index (χ3n) is 7.82. The number of aliphatic hydroxyl groups is 3. The van der Waals surface area contributed by atoms with Gasteiger partial charge in [-0.25, -0.2) is 0 Å². The third-order valence-corrected chi connectivity index (χ3v) is 7.82. The Morgan fingerprint density at radius 3 is 1.53 bits per heavy atom. The lowest BCUT2D eigenvalue weighted by Gasteiger charge is -2.20. The van der Waals surface area contributed by atoms with E-state index in [2.05, 4.69) is 55.6 Å². The second kappa shape index (κ2) is 33.2. The van der Waals surface area contributed by atoms with Crippen molar-refractivity contribution in [1.82, 2.24) is 5.32 Å². The molecule has 0 radical (unpaired) electrons. The fourth-order valence-corrected chi connectivity index (χ4v) is 5.01. The van der Waals surface area contributed by atoms with E-state index in [1.807, 2.05) is 6.08 Å². The van der Waals surface area contributed by atoms with Crippen LogP contribution in [0.2, 0.25) is 0 Å². The van der Waals surface area contributed by atoms with Crippen molar-refractivity contribution in [3.8, 4) is 0 Å². The summed E-state index contributed by atoms with van der Waals surface area (Å²) in [6.07, 6.45) is 40.9. The van der Waals surface area contributed by atoms with Crippen LogP contribution in [0.1, 0.15) is 162 Å². The van der Waals surface area contributed by atoms with Crippen LogP contribution in [0.15, 0.2) is 48.6 Å². The molecule has 5 nitrogen and oxygen atoms in total. The Balaban J connectivity index is 3.84. The molecule has 0 saturated heterocycles. The number of hydrogen-bond acceptors (Lipinski definition) is 4. The Hall–Kier alpha value is -1.69. The molecule has 0 aromatic rings. The van der Waals surface area contributed by atoms with Crippen LogP contribution >= 0.6 is 0 Å². The summed E-state index contributed by atoms with van der Waals surface area (Å²) in [5.74, 6) is -0.339. The van der Waals surface area contributed by atoms with Crippen LogP contribution in [-0.4, -0.2) is 46.1 Å². The molecule has 0 bridgehead atoms. The van der Waals surface area contributed by atoms with Gasteiger partial charge in [0.2, 0.25) is 5.91 Å². The van der Waals surface area contributed by atoms with Crippen molar-refractivity contribution in [3.63, 3.8) is 0 Å². The first kappa shape index (κ1) is 41.3. The molecule has 0 spiro atoms. The lowest BCUT2D eigenvalue weighted by atomic mass is 10.0. The molecular weight excluding hydrogens is 534 g/mol. The molecule has 0 aromatic carbocycles. The molecule has 0 aliphatic heterocycles. The Morgan fingerprint density at radius 1 is 0.581 bits per heavy atom. The number of rotatable bonds is 31. The summed E-state index contributed by atoms with van der Waals surface area (Å²) in [4.78, 5) is 12.3. The van der Waals surface area contributed by atoms with Crippen molar-refractivity contribution in [3.05, 3.63) is 48.6 Å². The molecular formula is C38H69NO4. The van der Waals surface area contributed by atoms with Crippen LogP contribution in [0, 0.1) is 0 Å². The molecule has 250 valence electrons. The van der Waals surface area contributed by atoms with E-state index in [9.17, 15) is 20.1 Å². The number of allylic oxidation sites excluding steroid dienone is 7. The Kier molecular flexibility index (Phi) is 31.9. The minimum Gasteiger partial charge on any atom is -0.394 e. The van der Waals surface area contributed by atoms with Gasteiger partial charge in [-0.05, 0) is 70.6 Å². The van der Waals surface area contributed by atoms with Crippen LogP contribution in [0.25, 0.3) is 0 Å². The summed E-state index contributed by atoms with van der Waals surface area (Å²) in [5.41, 5.74) is 0. The molecule has 5 heteroatoms. The van der Waals surface area contributed by atoms with Gasteiger partial charge in [0, 0.05) is 0 Å². The second-order valence-corrected chi connectivity index (χ2v) is 12.1. The van der Waals surface area contributed by atoms with E-state index in [-0.39, 0.29) is 18.9 Å². The summed E-state index contributed by atoms with van der Waals surface area (Å²) in [5, 5.41) is 32.9. The molecule has 1 amide bonds. The van der Waals surface area contributed by atoms with Crippen LogP contribution in [-0.2, 0) is 4.79 Å². The summed E-state index contributed by atoms with van der Waals surface area (Å²) in [6.45, 7) is 4.13. The fraction of sp³-hybridized carbons (Fsp3) is 0.763. The van der Waals surface area contributed by atoms with Crippen LogP contribution in [0.4, 0.5) is 0 Å². The van der Waals surface area contributed by atoms with Crippen molar-refractivity contribution in [1.29, 1.82) is 0 Å². The largest absolute Gasteiger partial charge is 0.394 e. The molecule has 4 N–H and O–H groups in total. The van der Waals surface area contributed by atoms with Gasteiger partial charge >= 0.3 is 0 Å². The zero-order valence-corrected chi connectivity index (χ0v) is 28.1. The van der Waals surface area contributed by atoms with E-state index >= 15 is 0 Å². The Bertz CT molecular complexity index is 715. The fourth-order valence-electron chi connectivity index (χ4n) is 5.01. The predicted octanol–water partition coefficient (Wildman–Crippen LogP) is 9.42. The van der Waals surface area contributed by atoms with Gasteiger partial charge in [0.25, 0.3) is 0 Å². The summed E-state index contributed by atoms with van der Waals surface area (Å²) >= 11 is 0. The molecule has 0 aromatic heterocycles. The minimum atomic E-state index is -0.960. The molecule has 3 atom stereocenters. The summed E-state index contributed by atoms with van der Waals surface area (Å²) in [7, 11) is 0. The highest BCUT2D eigenvalue weighted by Crippen LogP contribution is 2.12. The number of carbonyl (C=O) groups is 1. The van der Waals surface area contributed by atoms with Gasteiger partial charge in [0.1, 0.15) is 0 Å². The first-order chi connectivity index (χ1) is 21.0. The topological polar surface area (TPSA) is 89.8 Å². The molecule has 3 unspecified atom stereocenters. The average molecular weight is 604 g/mol. The number of amides is 1. The highest BCUT2D eigenvalue weighted by molar-refractivity contribution is 5.76. The second-order valence-electron chi connectivity index (χ2n) is 12.1. The molecule has 0 aliphatic carbocycles. The van der Waals surface area contributed by atoms with Crippen LogP contribution in [0.5, 0.6) is 0 Å². The smallest absolute Gasteiger partial charge is 0.222 e. The van der Waals surface area contributed by atoms with E-state index in [4.69, 9.17) is 0 Å². The number of aliphatic hydroxyl groups excluding tert-OH is 3. The SMILES string of the molecule is CCCCC/C=C/CC/C=C/CC/C=C/C(O)C(CO)NC(=O)CC(O)CCCCCCC/C=C\CCCCCCCC. The monoisotopic (exact) mass is 604 g/mol. The Labute approximate surface area is 266 Å². The quantitative estimate of drug-likeness (QED) is 0.0469. The standard InChI is InChI=1S/C38H69NO4/c1-3-5-7-9-11-13-15-17-18-20-21-23-25-27-29-31-35(41)33-38(43)39-36(34-40)37(42)32-30-28-26-24-22-19-16-14-12-10-8-6-4-2/h12,14,17-18,22,24,30,32,35-37,40-42H,3-11,13,15-16,19-21,23,25-29,31,33-34H2,1-2H3,(H,39,43)/b14-12+,18-17-,24-22+,32-30+. The van der Waals surface area contributed by atoms with Gasteiger partial charge in [0.05, 0.1) is 31.3 Å². The lowest BCUT2D eigenvalue weighted by molar-refractivity contribution is -0.124. The number of hydrogen-bond donors (Lipinski definition) is 4. The average Bonchev–Trinajstić information content (AvgIpc) is 3.00. The van der Waals surface area contributed by atoms with Gasteiger partial charge < -0.3 is 20.6 Å². The lowest BCUT2D eigenvalue weighted by Crippen LogP contribution is -2.45. The van der Waals surface area contributed by atoms with E-state index < -0.39 is 18.2 Å². The van der Waals surface area contributed by atoms with Crippen molar-refractivity contribution >= 4 is 5.91 Å². The maximum absolute atomic E-state index is 12.3. The van der Waals surface area contributed by atoms with Gasteiger partial charge in [-0.15, -0.1) is 0 Å². The number of carbonyl (C=O) groups excluding carboxylic acids is 1. The maximum atomic E-state index is 12.3. The van der Waals surface area contributed by atoms with Crippen molar-refractivity contribution < 1.29 is 20.1 Å². The Morgan fingerprint density at radius 2 is 1.00 bits per heavy atom. The predicted molar refractivity (Wildman–Crippen MR) is 185 cm³/mol. The molecule has 0 aliphatic rings. The van der Waals surface area contributed by atoms with E-state index in [1.165, 1.54) is 83.5 Å². The van der Waals surface area contributed by atoms with Gasteiger partial charge in [-0.2, -0.15) is 0 Å². The van der Waals surface area contributed by atoms with E-state index in [0.717, 1.165) is 51.4 Å². The van der Waals surface area contributed by atoms with Gasteiger partial charge in [-0.3, -0.25) is 4.79 Å². The summed E-state index contributed by atoms with van der Waals surface area (Å²) < 4.78 is 0. The van der Waals surface area contributed by atoms with Crippen molar-refractivity contribution in [2.24, 2.45) is 0 Å².